The monoisotopic (exact) mass is 421 g/mol. The van der Waals surface area contributed by atoms with Gasteiger partial charge in [-0.25, -0.2) is 4.98 Å². The molecule has 0 fully saturated rings. The fourth-order valence-corrected chi connectivity index (χ4v) is 3.61. The Balaban J connectivity index is 1.65. The number of halogens is 1. The average Bonchev–Trinajstić information content (AvgIpc) is 2.97. The first-order valence-electron chi connectivity index (χ1n) is 7.52. The fourth-order valence-electron chi connectivity index (χ4n) is 2.25. The molecule has 1 N–H and O–H groups in total. The third-order valence-corrected chi connectivity index (χ3v) is 4.96. The minimum atomic E-state index is -0.225. The molecule has 0 spiro atoms. The van der Waals surface area contributed by atoms with Crippen LogP contribution in [0.15, 0.2) is 39.6 Å². The second-order valence-corrected chi connectivity index (χ2v) is 7.43. The number of amides is 1. The number of aryl methyl sites for hydroxylation is 1. The summed E-state index contributed by atoms with van der Waals surface area (Å²) in [7, 11) is 1.76. The molecule has 0 aliphatic heterocycles. The van der Waals surface area contributed by atoms with Crippen molar-refractivity contribution >= 4 is 43.3 Å². The Kier molecular flexibility index (Phi) is 5.14. The summed E-state index contributed by atoms with van der Waals surface area (Å²) in [6.07, 6.45) is 0. The molecular formula is C16H16BrN5O2S. The zero-order valence-corrected chi connectivity index (χ0v) is 16.1. The molecule has 25 heavy (non-hydrogen) atoms. The van der Waals surface area contributed by atoms with Crippen molar-refractivity contribution in [3.8, 4) is 0 Å². The third kappa shape index (κ3) is 4.23. The quantitative estimate of drug-likeness (QED) is 0.680. The molecule has 7 nitrogen and oxygen atoms in total. The van der Waals surface area contributed by atoms with Gasteiger partial charge in [0.05, 0.1) is 6.54 Å². The Morgan fingerprint density at radius 1 is 1.40 bits per heavy atom. The fraction of sp³-hybridized carbons (Fsp3) is 0.250. The summed E-state index contributed by atoms with van der Waals surface area (Å²) in [6.45, 7) is 2.35. The lowest BCUT2D eigenvalue weighted by atomic mass is 10.2. The van der Waals surface area contributed by atoms with Gasteiger partial charge in [-0.3, -0.25) is 9.59 Å². The van der Waals surface area contributed by atoms with Gasteiger partial charge in [-0.2, -0.15) is 4.52 Å². The van der Waals surface area contributed by atoms with Crippen LogP contribution in [0.25, 0.3) is 4.96 Å². The molecular weight excluding hydrogens is 406 g/mol. The second kappa shape index (κ2) is 7.32. The van der Waals surface area contributed by atoms with Gasteiger partial charge in [0.1, 0.15) is 0 Å². The van der Waals surface area contributed by atoms with Crippen molar-refractivity contribution in [2.75, 3.05) is 18.5 Å². The van der Waals surface area contributed by atoms with Gasteiger partial charge in [0.25, 0.3) is 5.56 Å². The Morgan fingerprint density at radius 3 is 2.96 bits per heavy atom. The second-order valence-electron chi connectivity index (χ2n) is 5.58. The number of benzene rings is 1. The van der Waals surface area contributed by atoms with Crippen molar-refractivity contribution in [2.24, 2.45) is 0 Å². The van der Waals surface area contributed by atoms with Gasteiger partial charge < -0.3 is 10.2 Å². The van der Waals surface area contributed by atoms with Crippen molar-refractivity contribution in [3.05, 3.63) is 56.4 Å². The van der Waals surface area contributed by atoms with E-state index < -0.39 is 0 Å². The van der Waals surface area contributed by atoms with E-state index in [1.54, 1.807) is 18.9 Å². The summed E-state index contributed by atoms with van der Waals surface area (Å²) in [4.78, 5) is 30.6. The first kappa shape index (κ1) is 17.6. The number of aromatic nitrogens is 3. The molecule has 0 saturated carbocycles. The Hall–Kier alpha value is -2.26. The largest absolute Gasteiger partial charge is 0.350 e. The van der Waals surface area contributed by atoms with Crippen molar-refractivity contribution in [1.82, 2.24) is 19.9 Å². The van der Waals surface area contributed by atoms with E-state index >= 15 is 0 Å². The van der Waals surface area contributed by atoms with Crippen LogP contribution in [0.2, 0.25) is 0 Å². The van der Waals surface area contributed by atoms with Crippen LogP contribution < -0.4 is 15.8 Å². The summed E-state index contributed by atoms with van der Waals surface area (Å²) >= 11 is 4.68. The molecule has 3 aromatic rings. The number of hydrogen-bond donors (Lipinski definition) is 1. The van der Waals surface area contributed by atoms with E-state index in [4.69, 9.17) is 0 Å². The summed E-state index contributed by atoms with van der Waals surface area (Å²) < 4.78 is 2.22. The maximum absolute atomic E-state index is 12.1. The molecule has 0 aliphatic rings. The van der Waals surface area contributed by atoms with Crippen molar-refractivity contribution in [1.29, 1.82) is 0 Å². The first-order valence-corrected chi connectivity index (χ1v) is 9.13. The van der Waals surface area contributed by atoms with E-state index in [1.807, 2.05) is 24.3 Å². The standard InChI is InChI=1S/C16H16BrN5O2S/c1-10-6-14(24)22-15(19-10)25-16(20-22)21(2)9-13(23)18-8-11-4-3-5-12(17)7-11/h3-7H,8-9H2,1-2H3,(H,18,23). The maximum atomic E-state index is 12.1. The molecule has 2 aromatic heterocycles. The van der Waals surface area contributed by atoms with Crippen LogP contribution in [0.1, 0.15) is 11.3 Å². The van der Waals surface area contributed by atoms with Crippen molar-refractivity contribution in [2.45, 2.75) is 13.5 Å². The number of rotatable bonds is 5. The van der Waals surface area contributed by atoms with E-state index in [0.29, 0.717) is 22.3 Å². The minimum absolute atomic E-state index is 0.127. The highest BCUT2D eigenvalue weighted by Gasteiger charge is 2.14. The van der Waals surface area contributed by atoms with Gasteiger partial charge in [0, 0.05) is 29.8 Å². The van der Waals surface area contributed by atoms with Crippen molar-refractivity contribution in [3.63, 3.8) is 0 Å². The van der Waals surface area contributed by atoms with Crippen LogP contribution in [0.5, 0.6) is 0 Å². The summed E-state index contributed by atoms with van der Waals surface area (Å²) in [5.41, 5.74) is 1.43. The molecule has 0 atom stereocenters. The van der Waals surface area contributed by atoms with Crippen molar-refractivity contribution < 1.29 is 4.79 Å². The van der Waals surface area contributed by atoms with E-state index in [1.165, 1.54) is 21.9 Å². The lowest BCUT2D eigenvalue weighted by molar-refractivity contribution is -0.119. The molecule has 130 valence electrons. The van der Waals surface area contributed by atoms with Gasteiger partial charge in [-0.05, 0) is 24.6 Å². The van der Waals surface area contributed by atoms with Gasteiger partial charge >= 0.3 is 0 Å². The highest BCUT2D eigenvalue weighted by atomic mass is 79.9. The predicted molar refractivity (Wildman–Crippen MR) is 101 cm³/mol. The van der Waals surface area contributed by atoms with Gasteiger partial charge in [-0.1, -0.05) is 39.4 Å². The molecule has 3 rings (SSSR count). The zero-order valence-electron chi connectivity index (χ0n) is 13.7. The van der Waals surface area contributed by atoms with E-state index in [0.717, 1.165) is 10.0 Å². The van der Waals surface area contributed by atoms with Crippen LogP contribution in [0.4, 0.5) is 5.13 Å². The Morgan fingerprint density at radius 2 is 2.20 bits per heavy atom. The molecule has 0 saturated heterocycles. The van der Waals surface area contributed by atoms with Gasteiger partial charge in [0.15, 0.2) is 0 Å². The first-order chi connectivity index (χ1) is 11.9. The molecule has 1 aromatic carbocycles. The minimum Gasteiger partial charge on any atom is -0.350 e. The molecule has 9 heteroatoms. The number of carbonyl (C=O) groups is 1. The molecule has 0 radical (unpaired) electrons. The summed E-state index contributed by atoms with van der Waals surface area (Å²) in [5, 5.41) is 7.67. The van der Waals surface area contributed by atoms with Crippen LogP contribution in [-0.2, 0) is 11.3 Å². The highest BCUT2D eigenvalue weighted by molar-refractivity contribution is 9.10. The number of likely N-dealkylation sites (N-methyl/N-ethyl adjacent to an activating group) is 1. The van der Waals surface area contributed by atoms with Gasteiger partial charge in [0.2, 0.25) is 16.0 Å². The summed E-state index contributed by atoms with van der Waals surface area (Å²) in [5.74, 6) is -0.127. The smallest absolute Gasteiger partial charge is 0.275 e. The number of nitrogens with one attached hydrogen (secondary N) is 1. The van der Waals surface area contributed by atoms with Crippen LogP contribution in [0.3, 0.4) is 0 Å². The topological polar surface area (TPSA) is 79.6 Å². The number of fused-ring (bicyclic) bond motifs is 1. The molecule has 0 bridgehead atoms. The lowest BCUT2D eigenvalue weighted by Crippen LogP contribution is -2.34. The van der Waals surface area contributed by atoms with Crippen LogP contribution in [-0.4, -0.2) is 34.1 Å². The third-order valence-electron chi connectivity index (χ3n) is 3.45. The lowest BCUT2D eigenvalue weighted by Gasteiger charge is -2.14. The molecule has 0 unspecified atom stereocenters. The maximum Gasteiger partial charge on any atom is 0.275 e. The zero-order chi connectivity index (χ0) is 18.0. The molecule has 2 heterocycles. The SMILES string of the molecule is Cc1cc(=O)n2nc(N(C)CC(=O)NCc3cccc(Br)c3)sc2n1. The Labute approximate surface area is 156 Å². The summed E-state index contributed by atoms with van der Waals surface area (Å²) in [6, 6.07) is 9.19. The number of anilines is 1. The highest BCUT2D eigenvalue weighted by Crippen LogP contribution is 2.19. The van der Waals surface area contributed by atoms with E-state index in [9.17, 15) is 9.59 Å². The number of carbonyl (C=O) groups excluding carboxylic acids is 1. The Bertz CT molecular complexity index is 984. The van der Waals surface area contributed by atoms with Gasteiger partial charge in [-0.15, -0.1) is 5.10 Å². The van der Waals surface area contributed by atoms with E-state index in [-0.39, 0.29) is 18.0 Å². The predicted octanol–water partition coefficient (Wildman–Crippen LogP) is 1.97. The van der Waals surface area contributed by atoms with E-state index in [2.05, 4.69) is 31.3 Å². The molecule has 1 amide bonds. The normalized spacial score (nSPS) is 10.8. The molecule has 0 aliphatic carbocycles. The number of hydrogen-bond acceptors (Lipinski definition) is 6. The van der Waals surface area contributed by atoms with Crippen LogP contribution >= 0.6 is 27.3 Å². The average molecular weight is 422 g/mol. The number of nitrogens with zero attached hydrogens (tertiary/aromatic N) is 4. The van der Waals surface area contributed by atoms with Crippen LogP contribution in [0, 0.1) is 6.92 Å².